The highest BCUT2D eigenvalue weighted by atomic mass is 16.6. The Morgan fingerprint density at radius 1 is 1.78 bits per heavy atom. The van der Waals surface area contributed by atoms with Gasteiger partial charge in [0.2, 0.25) is 6.10 Å². The third-order valence-corrected chi connectivity index (χ3v) is 0.638. The van der Waals surface area contributed by atoms with Gasteiger partial charge in [-0.15, -0.1) is 0 Å². The predicted molar refractivity (Wildman–Crippen MR) is 25.1 cm³/mol. The number of aliphatic hydroxyl groups is 2. The second-order valence-corrected chi connectivity index (χ2v) is 1.29. The van der Waals surface area contributed by atoms with Crippen molar-refractivity contribution in [2.45, 2.75) is 6.10 Å². The third-order valence-electron chi connectivity index (χ3n) is 0.638. The summed E-state index contributed by atoms with van der Waals surface area (Å²) in [5.74, 6) is -1.59. The second kappa shape index (κ2) is 3.10. The molecule has 0 aliphatic carbocycles. The fraction of sp³-hybridized carbons (Fsp3) is 0.667. The van der Waals surface area contributed by atoms with Gasteiger partial charge in [-0.1, -0.05) is 0 Å². The highest BCUT2D eigenvalue weighted by Gasteiger charge is 2.25. The van der Waals surface area contributed by atoms with Gasteiger partial charge in [0.05, 0.1) is 6.61 Å². The summed E-state index contributed by atoms with van der Waals surface area (Å²) in [5.41, 5.74) is 0. The molecule has 0 saturated carbocycles. The van der Waals surface area contributed by atoms with Crippen molar-refractivity contribution in [2.24, 2.45) is 0 Å². The molecule has 1 atom stereocenters. The van der Waals surface area contributed by atoms with Crippen LogP contribution in [-0.2, 0) is 4.79 Å². The number of hydrogen-bond donors (Lipinski definition) is 2. The maximum atomic E-state index is 9.96. The summed E-state index contributed by atoms with van der Waals surface area (Å²) >= 11 is 0. The number of aliphatic hydroxyl groups excluding tert-OH is 2. The van der Waals surface area contributed by atoms with Crippen LogP contribution in [0.1, 0.15) is 0 Å². The van der Waals surface area contributed by atoms with Gasteiger partial charge in [0.15, 0.2) is 0 Å². The van der Waals surface area contributed by atoms with Gasteiger partial charge in [0.1, 0.15) is 4.92 Å². The molecule has 0 aromatic rings. The molecule has 1 amide bonds. The average Bonchev–Trinajstić information content (AvgIpc) is 1.84. The zero-order chi connectivity index (χ0) is 7.44. The van der Waals surface area contributed by atoms with E-state index in [4.69, 9.17) is 10.2 Å². The molecule has 6 nitrogen and oxygen atoms in total. The molecule has 0 aliphatic heterocycles. The number of nitrogens with zero attached hydrogens (tertiary/aromatic N) is 1. The van der Waals surface area contributed by atoms with Crippen molar-refractivity contribution >= 4 is 5.91 Å². The van der Waals surface area contributed by atoms with E-state index in [1.807, 2.05) is 0 Å². The van der Waals surface area contributed by atoms with E-state index in [1.54, 1.807) is 0 Å². The zero-order valence-electron chi connectivity index (χ0n) is 4.35. The zero-order valence-corrected chi connectivity index (χ0v) is 4.35. The highest BCUT2D eigenvalue weighted by Crippen LogP contribution is 1.83. The Bertz CT molecular complexity index is 132. The first-order chi connectivity index (χ1) is 4.09. The van der Waals surface area contributed by atoms with Crippen molar-refractivity contribution in [3.05, 3.63) is 10.1 Å². The molecule has 0 aliphatic rings. The molecule has 2 N–H and O–H groups in total. The van der Waals surface area contributed by atoms with E-state index >= 15 is 0 Å². The van der Waals surface area contributed by atoms with Crippen molar-refractivity contribution in [1.82, 2.24) is 0 Å². The first kappa shape index (κ1) is 7.99. The molecule has 0 saturated heterocycles. The lowest BCUT2D eigenvalue weighted by molar-refractivity contribution is -0.409. The van der Waals surface area contributed by atoms with Crippen LogP contribution in [0.3, 0.4) is 0 Å². The monoisotopic (exact) mass is 135 g/mol. The number of amides is 1. The molecule has 9 heavy (non-hydrogen) atoms. The smallest absolute Gasteiger partial charge is 0.393 e. The molecule has 0 aromatic heterocycles. The van der Waals surface area contributed by atoms with E-state index in [2.05, 4.69) is 0 Å². The maximum Gasteiger partial charge on any atom is 0.475 e. The van der Waals surface area contributed by atoms with Gasteiger partial charge in [0, 0.05) is 0 Å². The maximum absolute atomic E-state index is 9.96. The highest BCUT2D eigenvalue weighted by molar-refractivity contribution is 5.72. The SMILES string of the molecule is O=C([C@H](O)CO)[N+](=O)[O-]. The molecule has 0 fully saturated rings. The fourth-order valence-electron chi connectivity index (χ4n) is 0.200. The standard InChI is InChI=1S/C3H5NO5/c5-1-2(6)3(7)4(8)9/h2,5-6H,1H2/t2-/m1/s1. The quantitative estimate of drug-likeness (QED) is 0.341. The Morgan fingerprint density at radius 2 is 2.22 bits per heavy atom. The van der Waals surface area contributed by atoms with Gasteiger partial charge in [-0.05, 0) is 0 Å². The molecule has 0 heterocycles. The van der Waals surface area contributed by atoms with Crippen LogP contribution in [0.15, 0.2) is 0 Å². The molecule has 0 bridgehead atoms. The van der Waals surface area contributed by atoms with Crippen molar-refractivity contribution in [3.63, 3.8) is 0 Å². The molecular weight excluding hydrogens is 130 g/mol. The van der Waals surface area contributed by atoms with Crippen LogP contribution in [-0.4, -0.2) is 33.8 Å². The molecule has 0 radical (unpaired) electrons. The van der Waals surface area contributed by atoms with Crippen molar-refractivity contribution in [2.75, 3.05) is 6.61 Å². The van der Waals surface area contributed by atoms with E-state index < -0.39 is 23.5 Å². The summed E-state index contributed by atoms with van der Waals surface area (Å²) in [6.45, 7) is -0.917. The molecule has 0 unspecified atom stereocenters. The molecule has 0 spiro atoms. The van der Waals surface area contributed by atoms with Gasteiger partial charge < -0.3 is 10.2 Å². The van der Waals surface area contributed by atoms with Crippen molar-refractivity contribution in [1.29, 1.82) is 0 Å². The van der Waals surface area contributed by atoms with Gasteiger partial charge in [0.25, 0.3) is 0 Å². The van der Waals surface area contributed by atoms with E-state index in [0.717, 1.165) is 0 Å². The molecular formula is C3H5NO5. The molecule has 0 aromatic carbocycles. The van der Waals surface area contributed by atoms with E-state index in [0.29, 0.717) is 0 Å². The van der Waals surface area contributed by atoms with Crippen LogP contribution >= 0.6 is 0 Å². The van der Waals surface area contributed by atoms with E-state index in [-0.39, 0.29) is 0 Å². The minimum atomic E-state index is -1.89. The van der Waals surface area contributed by atoms with Gasteiger partial charge in [-0.25, -0.2) is 4.79 Å². The Hall–Kier alpha value is -1.01. The first-order valence-corrected chi connectivity index (χ1v) is 2.06. The fourth-order valence-corrected chi connectivity index (χ4v) is 0.200. The molecule has 6 heteroatoms. The Balaban J connectivity index is 3.88. The number of rotatable bonds is 2. The predicted octanol–water partition coefficient (Wildman–Crippen LogP) is -1.86. The van der Waals surface area contributed by atoms with E-state index in [9.17, 15) is 14.9 Å². The van der Waals surface area contributed by atoms with Gasteiger partial charge in [-0.3, -0.25) is 10.1 Å². The summed E-state index contributed by atoms with van der Waals surface area (Å²) in [6.07, 6.45) is -1.89. The summed E-state index contributed by atoms with van der Waals surface area (Å²) in [6, 6.07) is 0. The van der Waals surface area contributed by atoms with Crippen molar-refractivity contribution in [3.8, 4) is 0 Å². The Kier molecular flexibility index (Phi) is 2.75. The lowest BCUT2D eigenvalue weighted by atomic mass is 10.4. The number of hydrogen-bond acceptors (Lipinski definition) is 5. The summed E-state index contributed by atoms with van der Waals surface area (Å²) in [4.78, 5) is 18.2. The molecule has 52 valence electrons. The minimum absolute atomic E-state index is 0.917. The van der Waals surface area contributed by atoms with Gasteiger partial charge in [-0.2, -0.15) is 0 Å². The Morgan fingerprint density at radius 3 is 2.33 bits per heavy atom. The molecule has 0 rings (SSSR count). The van der Waals surface area contributed by atoms with Gasteiger partial charge >= 0.3 is 5.91 Å². The topological polar surface area (TPSA) is 101 Å². The summed E-state index contributed by atoms with van der Waals surface area (Å²) in [5, 5.41) is 25.7. The number of nitro groups is 1. The van der Waals surface area contributed by atoms with Crippen LogP contribution in [0.25, 0.3) is 0 Å². The second-order valence-electron chi connectivity index (χ2n) is 1.29. The summed E-state index contributed by atoms with van der Waals surface area (Å²) < 4.78 is 0. The minimum Gasteiger partial charge on any atom is -0.393 e. The number of carbonyl (C=O) groups excluding carboxylic acids is 1. The van der Waals surface area contributed by atoms with Crippen LogP contribution < -0.4 is 0 Å². The summed E-state index contributed by atoms with van der Waals surface area (Å²) in [7, 11) is 0. The van der Waals surface area contributed by atoms with Crippen LogP contribution in [0, 0.1) is 10.1 Å². The largest absolute Gasteiger partial charge is 0.475 e. The average molecular weight is 135 g/mol. The van der Waals surface area contributed by atoms with Crippen LogP contribution in [0.2, 0.25) is 0 Å². The lowest BCUT2D eigenvalue weighted by Crippen LogP contribution is -2.30. The Labute approximate surface area is 49.9 Å². The normalized spacial score (nSPS) is 12.7. The lowest BCUT2D eigenvalue weighted by Gasteiger charge is -1.94. The first-order valence-electron chi connectivity index (χ1n) is 2.06. The third kappa shape index (κ3) is 2.15. The van der Waals surface area contributed by atoms with Crippen LogP contribution in [0.4, 0.5) is 0 Å². The van der Waals surface area contributed by atoms with Crippen LogP contribution in [0.5, 0.6) is 0 Å². The number of carbonyl (C=O) groups is 1. The van der Waals surface area contributed by atoms with Crippen molar-refractivity contribution < 1.29 is 19.9 Å². The van der Waals surface area contributed by atoms with E-state index in [1.165, 1.54) is 0 Å².